The smallest absolute Gasteiger partial charge is 0.254 e. The Morgan fingerprint density at radius 1 is 1.20 bits per heavy atom. The lowest BCUT2D eigenvalue weighted by atomic mass is 10.1. The van der Waals surface area contributed by atoms with Crippen molar-refractivity contribution in [2.45, 2.75) is 30.7 Å². The van der Waals surface area contributed by atoms with Gasteiger partial charge in [-0.15, -0.1) is 11.3 Å². The molecular formula is C21H26N2O5S2. The highest BCUT2D eigenvalue weighted by Gasteiger charge is 2.32. The lowest BCUT2D eigenvalue weighted by Crippen LogP contribution is -2.41. The van der Waals surface area contributed by atoms with Crippen LogP contribution < -0.4 is 0 Å². The van der Waals surface area contributed by atoms with Crippen molar-refractivity contribution in [3.05, 3.63) is 40.8 Å². The summed E-state index contributed by atoms with van der Waals surface area (Å²) >= 11 is 1.56. The number of sulfonamides is 1. The van der Waals surface area contributed by atoms with Crippen molar-refractivity contribution in [3.8, 4) is 10.4 Å². The van der Waals surface area contributed by atoms with Crippen LogP contribution in [0, 0.1) is 6.92 Å². The fourth-order valence-corrected chi connectivity index (χ4v) is 6.33. The van der Waals surface area contributed by atoms with Gasteiger partial charge < -0.3 is 14.7 Å². The van der Waals surface area contributed by atoms with Gasteiger partial charge in [-0.25, -0.2) is 8.42 Å². The molecule has 0 bridgehead atoms. The Kier molecular flexibility index (Phi) is 6.26. The molecule has 7 nitrogen and oxygen atoms in total. The first-order chi connectivity index (χ1) is 14.4. The molecule has 162 valence electrons. The summed E-state index contributed by atoms with van der Waals surface area (Å²) in [5.74, 6) is -0.236. The number of hydrogen-bond acceptors (Lipinski definition) is 6. The van der Waals surface area contributed by atoms with E-state index in [-0.39, 0.29) is 23.5 Å². The van der Waals surface area contributed by atoms with Crippen LogP contribution in [0.2, 0.25) is 0 Å². The molecule has 9 heteroatoms. The molecule has 0 aliphatic carbocycles. The van der Waals surface area contributed by atoms with Gasteiger partial charge in [0.05, 0.1) is 30.8 Å². The van der Waals surface area contributed by atoms with E-state index in [4.69, 9.17) is 4.74 Å². The highest BCUT2D eigenvalue weighted by Crippen LogP contribution is 2.32. The number of hydrogen-bond donors (Lipinski definition) is 1. The topological polar surface area (TPSA) is 87.2 Å². The molecule has 1 aromatic carbocycles. The second-order valence-electron chi connectivity index (χ2n) is 7.65. The SMILES string of the molecule is Cc1ccc(-c2cc(C(=O)N3CCC[C@H]3CO)cc(S(=O)(=O)N3CCOCC3)c2)s1. The second-order valence-corrected chi connectivity index (χ2v) is 10.9. The molecule has 3 heterocycles. The number of carbonyl (C=O) groups excluding carboxylic acids is 1. The molecule has 2 aliphatic heterocycles. The quantitative estimate of drug-likeness (QED) is 0.756. The van der Waals surface area contributed by atoms with Gasteiger partial charge in [-0.05, 0) is 55.7 Å². The fraction of sp³-hybridized carbons (Fsp3) is 0.476. The summed E-state index contributed by atoms with van der Waals surface area (Å²) in [6.07, 6.45) is 1.59. The van der Waals surface area contributed by atoms with Crippen LogP contribution in [-0.4, -0.2) is 74.1 Å². The van der Waals surface area contributed by atoms with Gasteiger partial charge in [-0.1, -0.05) is 0 Å². The summed E-state index contributed by atoms with van der Waals surface area (Å²) in [6, 6.07) is 8.60. The molecule has 2 aromatic rings. The van der Waals surface area contributed by atoms with Gasteiger partial charge in [0.2, 0.25) is 10.0 Å². The molecule has 2 fully saturated rings. The third-order valence-corrected chi connectivity index (χ3v) is 8.56. The monoisotopic (exact) mass is 450 g/mol. The summed E-state index contributed by atoms with van der Waals surface area (Å²) in [6.45, 7) is 3.79. The van der Waals surface area contributed by atoms with E-state index in [0.29, 0.717) is 44.0 Å². The Morgan fingerprint density at radius 3 is 2.63 bits per heavy atom. The number of aliphatic hydroxyl groups excluding tert-OH is 1. The van der Waals surface area contributed by atoms with Crippen molar-refractivity contribution in [2.24, 2.45) is 0 Å². The highest BCUT2D eigenvalue weighted by atomic mass is 32.2. The molecule has 1 atom stereocenters. The molecule has 2 saturated heterocycles. The predicted octanol–water partition coefficient (Wildman–Crippen LogP) is 2.34. The van der Waals surface area contributed by atoms with Crippen molar-refractivity contribution in [2.75, 3.05) is 39.5 Å². The van der Waals surface area contributed by atoms with Crippen LogP contribution in [0.1, 0.15) is 28.1 Å². The van der Waals surface area contributed by atoms with Crippen molar-refractivity contribution in [3.63, 3.8) is 0 Å². The molecule has 0 radical (unpaired) electrons. The number of aliphatic hydroxyl groups is 1. The predicted molar refractivity (Wildman–Crippen MR) is 115 cm³/mol. The molecule has 1 amide bonds. The zero-order valence-electron chi connectivity index (χ0n) is 16.9. The molecule has 0 unspecified atom stereocenters. The first-order valence-electron chi connectivity index (χ1n) is 10.1. The molecule has 30 heavy (non-hydrogen) atoms. The van der Waals surface area contributed by atoms with Gasteiger partial charge in [0.1, 0.15) is 0 Å². The maximum Gasteiger partial charge on any atom is 0.254 e. The fourth-order valence-electron chi connectivity index (χ4n) is 4.00. The highest BCUT2D eigenvalue weighted by molar-refractivity contribution is 7.89. The molecular weight excluding hydrogens is 424 g/mol. The first-order valence-corrected chi connectivity index (χ1v) is 12.4. The summed E-state index contributed by atoms with van der Waals surface area (Å²) in [5, 5.41) is 9.62. The van der Waals surface area contributed by atoms with Crippen molar-refractivity contribution >= 4 is 27.3 Å². The number of carbonyl (C=O) groups is 1. The Labute approximate surface area is 180 Å². The lowest BCUT2D eigenvalue weighted by molar-refractivity contribution is 0.0677. The average Bonchev–Trinajstić information content (AvgIpc) is 3.42. The van der Waals surface area contributed by atoms with E-state index >= 15 is 0 Å². The number of amides is 1. The maximum atomic E-state index is 13.3. The number of ether oxygens (including phenoxy) is 1. The molecule has 1 aromatic heterocycles. The Morgan fingerprint density at radius 2 is 1.97 bits per heavy atom. The third kappa shape index (κ3) is 4.17. The minimum atomic E-state index is -3.75. The largest absolute Gasteiger partial charge is 0.394 e. The van der Waals surface area contributed by atoms with Crippen LogP contribution in [0.25, 0.3) is 10.4 Å². The molecule has 4 rings (SSSR count). The number of morpholine rings is 1. The number of aryl methyl sites for hydroxylation is 1. The summed E-state index contributed by atoms with van der Waals surface area (Å²) < 4.78 is 33.3. The van der Waals surface area contributed by atoms with Crippen LogP contribution >= 0.6 is 11.3 Å². The second kappa shape index (κ2) is 8.76. The van der Waals surface area contributed by atoms with Crippen molar-refractivity contribution in [1.82, 2.24) is 9.21 Å². The number of nitrogens with zero attached hydrogens (tertiary/aromatic N) is 2. The first kappa shape index (κ1) is 21.5. The summed E-state index contributed by atoms with van der Waals surface area (Å²) in [4.78, 5) is 17.1. The van der Waals surface area contributed by atoms with Crippen molar-refractivity contribution < 1.29 is 23.1 Å². The zero-order valence-corrected chi connectivity index (χ0v) is 18.5. The van der Waals surface area contributed by atoms with Gasteiger partial charge in [0.25, 0.3) is 5.91 Å². The average molecular weight is 451 g/mol. The van der Waals surface area contributed by atoms with E-state index in [1.807, 2.05) is 19.1 Å². The van der Waals surface area contributed by atoms with Crippen molar-refractivity contribution in [1.29, 1.82) is 0 Å². The maximum absolute atomic E-state index is 13.3. The van der Waals surface area contributed by atoms with E-state index < -0.39 is 10.0 Å². The van der Waals surface area contributed by atoms with Gasteiger partial charge in [0.15, 0.2) is 0 Å². The van der Waals surface area contributed by atoms with Gasteiger partial charge >= 0.3 is 0 Å². The van der Waals surface area contributed by atoms with Crippen LogP contribution in [0.4, 0.5) is 0 Å². The van der Waals surface area contributed by atoms with Gasteiger partial charge in [-0.3, -0.25) is 4.79 Å². The number of likely N-dealkylation sites (tertiary alicyclic amines) is 1. The minimum absolute atomic E-state index is 0.0888. The van der Waals surface area contributed by atoms with Crippen LogP contribution in [0.5, 0.6) is 0 Å². The summed E-state index contributed by atoms with van der Waals surface area (Å²) in [5.41, 5.74) is 1.05. The molecule has 0 saturated carbocycles. The molecule has 0 spiro atoms. The summed E-state index contributed by atoms with van der Waals surface area (Å²) in [7, 11) is -3.75. The Bertz CT molecular complexity index is 1030. The van der Waals surface area contributed by atoms with E-state index in [1.54, 1.807) is 28.4 Å². The molecule has 2 aliphatic rings. The standard InChI is InChI=1S/C21H26N2O5S2/c1-15-4-5-20(29-15)16-11-17(21(25)23-6-2-3-18(23)14-24)13-19(12-16)30(26,27)22-7-9-28-10-8-22/h4-5,11-13,18,24H,2-3,6-10,14H2,1H3/t18-/m0/s1. The van der Waals surface area contributed by atoms with Crippen LogP contribution in [-0.2, 0) is 14.8 Å². The number of benzene rings is 1. The third-order valence-electron chi connectivity index (χ3n) is 5.63. The van der Waals surface area contributed by atoms with E-state index in [2.05, 4.69) is 0 Å². The Balaban J connectivity index is 1.78. The van der Waals surface area contributed by atoms with E-state index in [9.17, 15) is 18.3 Å². The van der Waals surface area contributed by atoms with Crippen LogP contribution in [0.15, 0.2) is 35.2 Å². The lowest BCUT2D eigenvalue weighted by Gasteiger charge is -2.27. The Hall–Kier alpha value is -1.78. The van der Waals surface area contributed by atoms with E-state index in [0.717, 1.165) is 22.6 Å². The van der Waals surface area contributed by atoms with Gasteiger partial charge in [0, 0.05) is 35.0 Å². The van der Waals surface area contributed by atoms with Gasteiger partial charge in [-0.2, -0.15) is 4.31 Å². The van der Waals surface area contributed by atoms with Crippen LogP contribution in [0.3, 0.4) is 0 Å². The van der Waals surface area contributed by atoms with E-state index in [1.165, 1.54) is 10.4 Å². The zero-order chi connectivity index (χ0) is 21.3. The number of thiophene rings is 1. The minimum Gasteiger partial charge on any atom is -0.394 e. The molecule has 1 N–H and O–H groups in total. The number of rotatable bonds is 5. The normalized spacial score (nSPS) is 20.6.